The van der Waals surface area contributed by atoms with E-state index in [2.05, 4.69) is 15.9 Å². The van der Waals surface area contributed by atoms with Crippen molar-refractivity contribution in [3.8, 4) is 0 Å². The highest BCUT2D eigenvalue weighted by molar-refractivity contribution is 9.10. The second-order valence-electron chi connectivity index (χ2n) is 2.67. The van der Waals surface area contributed by atoms with Gasteiger partial charge in [-0.05, 0) is 29.7 Å². The third-order valence-corrected chi connectivity index (χ3v) is 2.51. The zero-order valence-electron chi connectivity index (χ0n) is 6.93. The van der Waals surface area contributed by atoms with Crippen molar-refractivity contribution in [3.05, 3.63) is 33.5 Å². The standard InChI is InChI=1S/C9H10BrFO2/c10-8-3-6(1-2-12)9(11)4-7(8)5-13/h3-4,12-13H,1-2,5H2. The molecule has 72 valence electrons. The fourth-order valence-corrected chi connectivity index (χ4v) is 1.58. The van der Waals surface area contributed by atoms with E-state index in [-0.39, 0.29) is 25.5 Å². The quantitative estimate of drug-likeness (QED) is 0.854. The Morgan fingerprint density at radius 2 is 1.92 bits per heavy atom. The molecule has 0 bridgehead atoms. The van der Waals surface area contributed by atoms with Gasteiger partial charge in [-0.15, -0.1) is 0 Å². The Morgan fingerprint density at radius 1 is 1.23 bits per heavy atom. The maximum absolute atomic E-state index is 13.2. The highest BCUT2D eigenvalue weighted by Gasteiger charge is 2.06. The van der Waals surface area contributed by atoms with Crippen LogP contribution >= 0.6 is 15.9 Å². The molecule has 0 atom stereocenters. The zero-order chi connectivity index (χ0) is 9.84. The molecule has 0 spiro atoms. The summed E-state index contributed by atoms with van der Waals surface area (Å²) in [4.78, 5) is 0. The molecule has 0 heterocycles. The summed E-state index contributed by atoms with van der Waals surface area (Å²) in [5.41, 5.74) is 0.964. The van der Waals surface area contributed by atoms with E-state index in [4.69, 9.17) is 10.2 Å². The molecular formula is C9H10BrFO2. The largest absolute Gasteiger partial charge is 0.396 e. The average molecular weight is 249 g/mol. The molecular weight excluding hydrogens is 239 g/mol. The number of aliphatic hydroxyl groups excluding tert-OH is 2. The number of hydrogen-bond donors (Lipinski definition) is 2. The number of halogens is 2. The van der Waals surface area contributed by atoms with E-state index in [0.29, 0.717) is 15.6 Å². The Kier molecular flexibility index (Phi) is 3.84. The normalized spacial score (nSPS) is 10.5. The van der Waals surface area contributed by atoms with Gasteiger partial charge in [-0.25, -0.2) is 4.39 Å². The number of benzene rings is 1. The van der Waals surface area contributed by atoms with Crippen molar-refractivity contribution in [2.45, 2.75) is 13.0 Å². The van der Waals surface area contributed by atoms with Crippen LogP contribution in [0.5, 0.6) is 0 Å². The molecule has 0 amide bonds. The Morgan fingerprint density at radius 3 is 2.46 bits per heavy atom. The Bertz CT molecular complexity index is 302. The van der Waals surface area contributed by atoms with Gasteiger partial charge >= 0.3 is 0 Å². The van der Waals surface area contributed by atoms with Crippen LogP contribution in [0, 0.1) is 5.82 Å². The van der Waals surface area contributed by atoms with Crippen molar-refractivity contribution < 1.29 is 14.6 Å². The van der Waals surface area contributed by atoms with E-state index in [1.54, 1.807) is 6.07 Å². The predicted octanol–water partition coefficient (Wildman–Crippen LogP) is 1.62. The van der Waals surface area contributed by atoms with E-state index >= 15 is 0 Å². The van der Waals surface area contributed by atoms with Crippen LogP contribution in [-0.4, -0.2) is 16.8 Å². The lowest BCUT2D eigenvalue weighted by Gasteiger charge is -2.05. The van der Waals surface area contributed by atoms with Crippen LogP contribution < -0.4 is 0 Å². The fourth-order valence-electron chi connectivity index (χ4n) is 1.06. The van der Waals surface area contributed by atoms with Gasteiger partial charge in [-0.3, -0.25) is 0 Å². The van der Waals surface area contributed by atoms with Crippen molar-refractivity contribution in [3.63, 3.8) is 0 Å². The van der Waals surface area contributed by atoms with Gasteiger partial charge in [0.25, 0.3) is 0 Å². The van der Waals surface area contributed by atoms with E-state index in [9.17, 15) is 4.39 Å². The maximum atomic E-state index is 13.2. The monoisotopic (exact) mass is 248 g/mol. The summed E-state index contributed by atoms with van der Waals surface area (Å²) in [5.74, 6) is -0.388. The first kappa shape index (κ1) is 10.6. The summed E-state index contributed by atoms with van der Waals surface area (Å²) in [5, 5.41) is 17.4. The summed E-state index contributed by atoms with van der Waals surface area (Å²) in [6, 6.07) is 2.85. The van der Waals surface area contributed by atoms with Crippen molar-refractivity contribution in [2.24, 2.45) is 0 Å². The molecule has 0 aliphatic rings. The topological polar surface area (TPSA) is 40.5 Å². The van der Waals surface area contributed by atoms with Gasteiger partial charge in [-0.1, -0.05) is 15.9 Å². The lowest BCUT2D eigenvalue weighted by Crippen LogP contribution is -1.97. The van der Waals surface area contributed by atoms with Gasteiger partial charge in [0.05, 0.1) is 6.61 Å². The Labute approximate surface area is 84.1 Å². The van der Waals surface area contributed by atoms with Gasteiger partial charge in [0.1, 0.15) is 5.82 Å². The molecule has 2 nitrogen and oxygen atoms in total. The Hall–Kier alpha value is -0.450. The summed E-state index contributed by atoms with van der Waals surface area (Å²) in [7, 11) is 0. The minimum atomic E-state index is -0.388. The zero-order valence-corrected chi connectivity index (χ0v) is 8.51. The summed E-state index contributed by atoms with van der Waals surface area (Å²) >= 11 is 3.20. The maximum Gasteiger partial charge on any atom is 0.126 e. The first-order chi connectivity index (χ1) is 6.19. The molecule has 0 aliphatic carbocycles. The molecule has 0 radical (unpaired) electrons. The van der Waals surface area contributed by atoms with Crippen LogP contribution in [0.3, 0.4) is 0 Å². The van der Waals surface area contributed by atoms with E-state index < -0.39 is 0 Å². The van der Waals surface area contributed by atoms with Crippen molar-refractivity contribution >= 4 is 15.9 Å². The molecule has 1 aromatic carbocycles. The van der Waals surface area contributed by atoms with E-state index in [0.717, 1.165) is 0 Å². The lowest BCUT2D eigenvalue weighted by atomic mass is 10.1. The van der Waals surface area contributed by atoms with Gasteiger partial charge < -0.3 is 10.2 Å². The van der Waals surface area contributed by atoms with Gasteiger partial charge in [0.15, 0.2) is 0 Å². The third-order valence-electron chi connectivity index (χ3n) is 1.77. The number of aliphatic hydroxyl groups is 2. The van der Waals surface area contributed by atoms with Crippen LogP contribution in [0.4, 0.5) is 4.39 Å². The van der Waals surface area contributed by atoms with Crippen molar-refractivity contribution in [1.29, 1.82) is 0 Å². The molecule has 0 aliphatic heterocycles. The Balaban J connectivity index is 3.05. The number of rotatable bonds is 3. The lowest BCUT2D eigenvalue weighted by molar-refractivity contribution is 0.280. The molecule has 0 saturated carbocycles. The van der Waals surface area contributed by atoms with Crippen LogP contribution in [0.1, 0.15) is 11.1 Å². The fraction of sp³-hybridized carbons (Fsp3) is 0.333. The van der Waals surface area contributed by atoms with Crippen LogP contribution in [-0.2, 0) is 13.0 Å². The summed E-state index contributed by atoms with van der Waals surface area (Å²) in [6.45, 7) is -0.279. The highest BCUT2D eigenvalue weighted by atomic mass is 79.9. The molecule has 0 unspecified atom stereocenters. The molecule has 4 heteroatoms. The minimum absolute atomic E-state index is 0.0815. The van der Waals surface area contributed by atoms with E-state index in [1.165, 1.54) is 6.07 Å². The average Bonchev–Trinajstić information content (AvgIpc) is 2.11. The van der Waals surface area contributed by atoms with Gasteiger partial charge in [0.2, 0.25) is 0 Å². The number of hydrogen-bond acceptors (Lipinski definition) is 2. The van der Waals surface area contributed by atoms with Crippen molar-refractivity contribution in [1.82, 2.24) is 0 Å². The molecule has 13 heavy (non-hydrogen) atoms. The smallest absolute Gasteiger partial charge is 0.126 e. The van der Waals surface area contributed by atoms with Crippen LogP contribution in [0.15, 0.2) is 16.6 Å². The SMILES string of the molecule is OCCc1cc(Br)c(CO)cc1F. The molecule has 1 rings (SSSR count). The van der Waals surface area contributed by atoms with Crippen LogP contribution in [0.25, 0.3) is 0 Å². The van der Waals surface area contributed by atoms with Gasteiger partial charge in [0, 0.05) is 11.1 Å². The summed E-state index contributed by atoms with van der Waals surface area (Å²) < 4.78 is 13.8. The summed E-state index contributed by atoms with van der Waals surface area (Å²) in [6.07, 6.45) is 0.288. The minimum Gasteiger partial charge on any atom is -0.396 e. The third kappa shape index (κ3) is 2.49. The molecule has 0 aromatic heterocycles. The predicted molar refractivity (Wildman–Crippen MR) is 50.8 cm³/mol. The first-order valence-corrected chi connectivity index (χ1v) is 4.67. The highest BCUT2D eigenvalue weighted by Crippen LogP contribution is 2.21. The molecule has 2 N–H and O–H groups in total. The van der Waals surface area contributed by atoms with Crippen molar-refractivity contribution in [2.75, 3.05) is 6.61 Å². The van der Waals surface area contributed by atoms with E-state index in [1.807, 2.05) is 0 Å². The first-order valence-electron chi connectivity index (χ1n) is 3.87. The molecule has 1 aromatic rings. The second kappa shape index (κ2) is 4.69. The van der Waals surface area contributed by atoms with Crippen LogP contribution in [0.2, 0.25) is 0 Å². The second-order valence-corrected chi connectivity index (χ2v) is 3.52. The molecule has 0 saturated heterocycles. The van der Waals surface area contributed by atoms with Gasteiger partial charge in [-0.2, -0.15) is 0 Å². The molecule has 0 fully saturated rings.